The molecular weight excluding hydrogens is 260 g/mol. The minimum Gasteiger partial charge on any atom is -0.461 e. The highest BCUT2D eigenvalue weighted by Crippen LogP contribution is 2.28. The molecule has 0 fully saturated rings. The number of hydrogen-bond donors (Lipinski definition) is 1. The number of fused-ring (bicyclic) bond motifs is 1. The number of rotatable bonds is 5. The van der Waals surface area contributed by atoms with Crippen LogP contribution in [0.1, 0.15) is 30.6 Å². The quantitative estimate of drug-likeness (QED) is 0.745. The molecule has 0 unspecified atom stereocenters. The van der Waals surface area contributed by atoms with E-state index in [0.717, 1.165) is 29.6 Å². The molecule has 3 aromatic rings. The van der Waals surface area contributed by atoms with Gasteiger partial charge in [-0.2, -0.15) is 0 Å². The van der Waals surface area contributed by atoms with E-state index in [0.29, 0.717) is 0 Å². The van der Waals surface area contributed by atoms with E-state index in [-0.39, 0.29) is 5.92 Å². The molecule has 2 heteroatoms. The monoisotopic (exact) mass is 280 g/mol. The van der Waals surface area contributed by atoms with Crippen molar-refractivity contribution in [3.8, 4) is 0 Å². The van der Waals surface area contributed by atoms with Gasteiger partial charge in [0, 0.05) is 11.3 Å². The van der Waals surface area contributed by atoms with Crippen LogP contribution in [-0.4, -0.2) is 11.2 Å². The highest BCUT2D eigenvalue weighted by atomic mass is 16.3. The smallest absolute Gasteiger partial charge is 0.134 e. The summed E-state index contributed by atoms with van der Waals surface area (Å²) in [6.07, 6.45) is 1.22. The second-order valence-corrected chi connectivity index (χ2v) is 5.57. The molecule has 1 heterocycles. The number of para-hydroxylation sites is 1. The molecule has 0 radical (unpaired) electrons. The van der Waals surface area contributed by atoms with E-state index in [9.17, 15) is 5.11 Å². The fourth-order valence-corrected chi connectivity index (χ4v) is 2.63. The van der Waals surface area contributed by atoms with Gasteiger partial charge < -0.3 is 9.52 Å². The third-order valence-electron chi connectivity index (χ3n) is 4.04. The largest absolute Gasteiger partial charge is 0.461 e. The lowest BCUT2D eigenvalue weighted by molar-refractivity contribution is 0.131. The van der Waals surface area contributed by atoms with Gasteiger partial charge in [0.25, 0.3) is 0 Å². The molecule has 0 aliphatic heterocycles. The molecule has 21 heavy (non-hydrogen) atoms. The standard InChI is InChI=1S/C19H20O2/c1-14(17(20)12-11-15-7-3-2-4-8-15)19-13-16-9-5-6-10-18(16)21-19/h2-10,13-14,17,20H,11-12H2,1H3/t14-,17+/m0/s1. The second kappa shape index (κ2) is 6.15. The Kier molecular flexibility index (Phi) is 4.07. The Morgan fingerprint density at radius 2 is 1.71 bits per heavy atom. The summed E-state index contributed by atoms with van der Waals surface area (Å²) in [6.45, 7) is 2.02. The number of aliphatic hydroxyl groups excluding tert-OH is 1. The van der Waals surface area contributed by atoms with Crippen molar-refractivity contribution in [1.29, 1.82) is 0 Å². The van der Waals surface area contributed by atoms with Gasteiger partial charge in [-0.15, -0.1) is 0 Å². The van der Waals surface area contributed by atoms with Gasteiger partial charge in [-0.3, -0.25) is 0 Å². The Hall–Kier alpha value is -2.06. The van der Waals surface area contributed by atoms with E-state index in [1.807, 2.05) is 55.5 Å². The first-order valence-corrected chi connectivity index (χ1v) is 7.44. The summed E-state index contributed by atoms with van der Waals surface area (Å²) >= 11 is 0. The molecule has 0 spiro atoms. The first-order chi connectivity index (χ1) is 10.2. The van der Waals surface area contributed by atoms with Crippen molar-refractivity contribution >= 4 is 11.0 Å². The third kappa shape index (κ3) is 3.17. The van der Waals surface area contributed by atoms with Crippen molar-refractivity contribution in [3.63, 3.8) is 0 Å². The van der Waals surface area contributed by atoms with Crippen LogP contribution in [0.3, 0.4) is 0 Å². The molecule has 0 saturated heterocycles. The molecule has 2 aromatic carbocycles. The molecule has 2 nitrogen and oxygen atoms in total. The van der Waals surface area contributed by atoms with Crippen LogP contribution in [0.25, 0.3) is 11.0 Å². The fraction of sp³-hybridized carbons (Fsp3) is 0.263. The minimum atomic E-state index is -0.397. The van der Waals surface area contributed by atoms with Crippen LogP contribution in [0, 0.1) is 0 Å². The first kappa shape index (κ1) is 13.9. The molecule has 2 atom stereocenters. The molecule has 1 aromatic heterocycles. The van der Waals surface area contributed by atoms with E-state index in [4.69, 9.17) is 4.42 Å². The van der Waals surface area contributed by atoms with Crippen molar-refractivity contribution in [1.82, 2.24) is 0 Å². The van der Waals surface area contributed by atoms with Gasteiger partial charge in [-0.1, -0.05) is 55.5 Å². The lowest BCUT2D eigenvalue weighted by atomic mass is 9.96. The van der Waals surface area contributed by atoms with Crippen molar-refractivity contribution in [2.24, 2.45) is 0 Å². The van der Waals surface area contributed by atoms with Crippen molar-refractivity contribution < 1.29 is 9.52 Å². The molecule has 3 rings (SSSR count). The van der Waals surface area contributed by atoms with Crippen LogP contribution >= 0.6 is 0 Å². The molecule has 108 valence electrons. The van der Waals surface area contributed by atoms with Gasteiger partial charge in [0.1, 0.15) is 11.3 Å². The Labute approximate surface area is 125 Å². The van der Waals surface area contributed by atoms with Crippen LogP contribution in [0.15, 0.2) is 65.1 Å². The van der Waals surface area contributed by atoms with Crippen molar-refractivity contribution in [2.45, 2.75) is 31.8 Å². The normalized spacial score (nSPS) is 14.2. The van der Waals surface area contributed by atoms with Gasteiger partial charge in [0.2, 0.25) is 0 Å². The summed E-state index contributed by atoms with van der Waals surface area (Å²) in [5, 5.41) is 11.5. The summed E-state index contributed by atoms with van der Waals surface area (Å²) in [6, 6.07) is 20.3. The molecule has 0 aliphatic carbocycles. The van der Waals surface area contributed by atoms with Gasteiger partial charge in [-0.05, 0) is 30.5 Å². The molecule has 1 N–H and O–H groups in total. The van der Waals surface area contributed by atoms with Gasteiger partial charge in [0.05, 0.1) is 6.10 Å². The van der Waals surface area contributed by atoms with Crippen LogP contribution < -0.4 is 0 Å². The average molecular weight is 280 g/mol. The van der Waals surface area contributed by atoms with Crippen molar-refractivity contribution in [3.05, 3.63) is 72.0 Å². The van der Waals surface area contributed by atoms with E-state index in [1.54, 1.807) is 0 Å². The maximum Gasteiger partial charge on any atom is 0.134 e. The molecule has 0 aliphatic rings. The maximum atomic E-state index is 10.4. The summed E-state index contributed by atoms with van der Waals surface area (Å²) < 4.78 is 5.84. The summed E-state index contributed by atoms with van der Waals surface area (Å²) in [4.78, 5) is 0. The number of hydrogen-bond acceptors (Lipinski definition) is 2. The predicted octanol–water partition coefficient (Wildman–Crippen LogP) is 4.53. The Bertz CT molecular complexity index is 667. The third-order valence-corrected chi connectivity index (χ3v) is 4.04. The van der Waals surface area contributed by atoms with Gasteiger partial charge >= 0.3 is 0 Å². The Morgan fingerprint density at radius 1 is 1.00 bits per heavy atom. The molecule has 0 bridgehead atoms. The lowest BCUT2D eigenvalue weighted by Crippen LogP contribution is -2.16. The van der Waals surface area contributed by atoms with E-state index in [2.05, 4.69) is 12.1 Å². The lowest BCUT2D eigenvalue weighted by Gasteiger charge is -2.16. The predicted molar refractivity (Wildman–Crippen MR) is 85.4 cm³/mol. The highest BCUT2D eigenvalue weighted by Gasteiger charge is 2.19. The zero-order valence-corrected chi connectivity index (χ0v) is 12.2. The topological polar surface area (TPSA) is 33.4 Å². The average Bonchev–Trinajstić information content (AvgIpc) is 2.97. The second-order valence-electron chi connectivity index (χ2n) is 5.57. The van der Waals surface area contributed by atoms with E-state index < -0.39 is 6.10 Å². The first-order valence-electron chi connectivity index (χ1n) is 7.44. The zero-order valence-electron chi connectivity index (χ0n) is 12.2. The van der Waals surface area contributed by atoms with Crippen LogP contribution in [0.2, 0.25) is 0 Å². The van der Waals surface area contributed by atoms with E-state index in [1.165, 1.54) is 5.56 Å². The number of aryl methyl sites for hydroxylation is 1. The summed E-state index contributed by atoms with van der Waals surface area (Å²) in [5.74, 6) is 0.859. The summed E-state index contributed by atoms with van der Waals surface area (Å²) in [5.41, 5.74) is 2.14. The molecule has 0 saturated carbocycles. The van der Waals surface area contributed by atoms with Gasteiger partial charge in [-0.25, -0.2) is 0 Å². The maximum absolute atomic E-state index is 10.4. The van der Waals surface area contributed by atoms with Crippen molar-refractivity contribution in [2.75, 3.05) is 0 Å². The SMILES string of the molecule is C[C@H](c1cc2ccccc2o1)[C@H](O)CCc1ccccc1. The van der Waals surface area contributed by atoms with E-state index >= 15 is 0 Å². The minimum absolute atomic E-state index is 0.00103. The van der Waals surface area contributed by atoms with Gasteiger partial charge in [0.15, 0.2) is 0 Å². The number of furan rings is 1. The molecule has 0 amide bonds. The number of aliphatic hydroxyl groups is 1. The zero-order chi connectivity index (χ0) is 14.7. The molecular formula is C19H20O2. The fourth-order valence-electron chi connectivity index (χ4n) is 2.63. The Balaban J connectivity index is 1.67. The van der Waals surface area contributed by atoms with Crippen LogP contribution in [0.4, 0.5) is 0 Å². The summed E-state index contributed by atoms with van der Waals surface area (Å²) in [7, 11) is 0. The number of benzene rings is 2. The highest BCUT2D eigenvalue weighted by molar-refractivity contribution is 5.77. The Morgan fingerprint density at radius 3 is 2.48 bits per heavy atom. The van der Waals surface area contributed by atoms with Crippen LogP contribution in [0.5, 0.6) is 0 Å². The van der Waals surface area contributed by atoms with Crippen LogP contribution in [-0.2, 0) is 6.42 Å².